The minimum Gasteiger partial charge on any atom is -0.458 e. The Morgan fingerprint density at radius 2 is 1.65 bits per heavy atom. The first-order valence-electron chi connectivity index (χ1n) is 9.07. The van der Waals surface area contributed by atoms with E-state index in [2.05, 4.69) is 13.8 Å². The van der Waals surface area contributed by atoms with Crippen LogP contribution in [0.15, 0.2) is 36.6 Å². The number of aryl methyl sites for hydroxylation is 1. The first-order valence-corrected chi connectivity index (χ1v) is 9.07. The molecule has 144 valence electrons. The minimum atomic E-state index is -0.593. The summed E-state index contributed by atoms with van der Waals surface area (Å²) in [6.07, 6.45) is 3.59. The number of hydrogen-bond acceptors (Lipinski definition) is 4. The SMILES string of the molecule is Cc1ccc(C(=O)OC/C=C/OC(=O)C(C)(CC(C)C)C(C)(C)C)cc1. The van der Waals surface area contributed by atoms with Crippen LogP contribution >= 0.6 is 0 Å². The van der Waals surface area contributed by atoms with Crippen LogP contribution in [0.5, 0.6) is 0 Å². The highest BCUT2D eigenvalue weighted by molar-refractivity contribution is 5.89. The number of carbonyl (C=O) groups is 2. The lowest BCUT2D eigenvalue weighted by Crippen LogP contribution is -2.42. The average molecular weight is 360 g/mol. The number of esters is 2. The predicted octanol–water partition coefficient (Wildman–Crippen LogP) is 5.31. The molecule has 4 heteroatoms. The summed E-state index contributed by atoms with van der Waals surface area (Å²) in [6, 6.07) is 7.16. The lowest BCUT2D eigenvalue weighted by atomic mass is 9.64. The normalized spacial score (nSPS) is 14.3. The molecule has 0 saturated heterocycles. The summed E-state index contributed by atoms with van der Waals surface area (Å²) < 4.78 is 10.5. The van der Waals surface area contributed by atoms with Gasteiger partial charge in [-0.2, -0.15) is 0 Å². The van der Waals surface area contributed by atoms with E-state index in [4.69, 9.17) is 9.47 Å². The molecule has 26 heavy (non-hydrogen) atoms. The molecule has 1 rings (SSSR count). The van der Waals surface area contributed by atoms with E-state index in [-0.39, 0.29) is 18.0 Å². The van der Waals surface area contributed by atoms with Crippen LogP contribution in [-0.2, 0) is 14.3 Å². The van der Waals surface area contributed by atoms with Gasteiger partial charge in [0.1, 0.15) is 6.61 Å². The lowest BCUT2D eigenvalue weighted by molar-refractivity contribution is -0.157. The molecule has 1 atom stereocenters. The van der Waals surface area contributed by atoms with Crippen LogP contribution in [0.3, 0.4) is 0 Å². The molecule has 0 saturated carbocycles. The Morgan fingerprint density at radius 1 is 1.08 bits per heavy atom. The molecule has 0 fully saturated rings. The number of ether oxygens (including phenoxy) is 2. The second-order valence-electron chi connectivity index (χ2n) is 8.42. The molecule has 1 aromatic carbocycles. The van der Waals surface area contributed by atoms with Gasteiger partial charge in [0, 0.05) is 0 Å². The molecule has 0 bridgehead atoms. The molecule has 0 radical (unpaired) electrons. The van der Waals surface area contributed by atoms with E-state index in [0.29, 0.717) is 11.5 Å². The highest BCUT2D eigenvalue weighted by Gasteiger charge is 2.45. The molecule has 0 spiro atoms. The molecule has 0 aliphatic heterocycles. The smallest absolute Gasteiger partial charge is 0.338 e. The summed E-state index contributed by atoms with van der Waals surface area (Å²) in [5, 5.41) is 0. The zero-order valence-corrected chi connectivity index (χ0v) is 17.1. The highest BCUT2D eigenvalue weighted by Crippen LogP contribution is 2.44. The maximum absolute atomic E-state index is 12.6. The Labute approximate surface area is 157 Å². The third-order valence-electron chi connectivity index (χ3n) is 4.79. The summed E-state index contributed by atoms with van der Waals surface area (Å²) >= 11 is 0. The topological polar surface area (TPSA) is 52.6 Å². The summed E-state index contributed by atoms with van der Waals surface area (Å²) in [5.74, 6) is -0.286. The molecule has 0 heterocycles. The van der Waals surface area contributed by atoms with Crippen molar-refractivity contribution in [2.75, 3.05) is 6.61 Å². The molecule has 1 unspecified atom stereocenters. The number of benzene rings is 1. The van der Waals surface area contributed by atoms with Crippen molar-refractivity contribution in [3.8, 4) is 0 Å². The minimum absolute atomic E-state index is 0.0520. The Bertz CT molecular complexity index is 635. The van der Waals surface area contributed by atoms with E-state index in [9.17, 15) is 9.59 Å². The standard InChI is InChI=1S/C22H32O4/c1-16(2)15-22(7,21(4,5)6)20(24)26-14-8-13-25-19(23)18-11-9-17(3)10-12-18/h8-12,14,16H,13,15H2,1-7H3/b14-8+. The Hall–Kier alpha value is -2.10. The van der Waals surface area contributed by atoms with Crippen molar-refractivity contribution >= 4 is 11.9 Å². The molecule has 0 aromatic heterocycles. The first-order chi connectivity index (χ1) is 12.0. The van der Waals surface area contributed by atoms with Crippen LogP contribution in [0.25, 0.3) is 0 Å². The molecule has 4 nitrogen and oxygen atoms in total. The maximum Gasteiger partial charge on any atom is 0.338 e. The van der Waals surface area contributed by atoms with Gasteiger partial charge in [0.25, 0.3) is 0 Å². The van der Waals surface area contributed by atoms with Gasteiger partial charge in [0.2, 0.25) is 0 Å². The zero-order chi connectivity index (χ0) is 20.0. The summed E-state index contributed by atoms with van der Waals surface area (Å²) in [4.78, 5) is 24.5. The van der Waals surface area contributed by atoms with Crippen LogP contribution in [-0.4, -0.2) is 18.5 Å². The Morgan fingerprint density at radius 3 is 2.15 bits per heavy atom. The summed E-state index contributed by atoms with van der Waals surface area (Å²) in [5.41, 5.74) is 0.763. The molecule has 0 N–H and O–H groups in total. The van der Waals surface area contributed by atoms with Gasteiger partial charge in [-0.25, -0.2) is 4.79 Å². The van der Waals surface area contributed by atoms with Crippen LogP contribution < -0.4 is 0 Å². The van der Waals surface area contributed by atoms with E-state index in [1.54, 1.807) is 12.1 Å². The maximum atomic E-state index is 12.6. The van der Waals surface area contributed by atoms with Crippen molar-refractivity contribution < 1.29 is 19.1 Å². The molecule has 1 aromatic rings. The Balaban J connectivity index is 2.57. The van der Waals surface area contributed by atoms with Crippen molar-refractivity contribution in [3.05, 3.63) is 47.7 Å². The van der Waals surface area contributed by atoms with Crippen molar-refractivity contribution in [3.63, 3.8) is 0 Å². The average Bonchev–Trinajstić information content (AvgIpc) is 2.53. The van der Waals surface area contributed by atoms with E-state index < -0.39 is 11.4 Å². The van der Waals surface area contributed by atoms with Crippen molar-refractivity contribution in [1.82, 2.24) is 0 Å². The van der Waals surface area contributed by atoms with Crippen molar-refractivity contribution in [2.45, 2.75) is 54.9 Å². The number of carbonyl (C=O) groups excluding carboxylic acids is 2. The van der Waals surface area contributed by atoms with E-state index >= 15 is 0 Å². The van der Waals surface area contributed by atoms with Gasteiger partial charge in [-0.3, -0.25) is 4.79 Å². The molecule has 0 amide bonds. The molecular weight excluding hydrogens is 328 g/mol. The number of hydrogen-bond donors (Lipinski definition) is 0. The van der Waals surface area contributed by atoms with Crippen molar-refractivity contribution in [1.29, 1.82) is 0 Å². The fraction of sp³-hybridized carbons (Fsp3) is 0.545. The summed E-state index contributed by atoms with van der Waals surface area (Å²) in [7, 11) is 0. The van der Waals surface area contributed by atoms with Crippen LogP contribution in [0.4, 0.5) is 0 Å². The van der Waals surface area contributed by atoms with Gasteiger partial charge in [-0.15, -0.1) is 0 Å². The fourth-order valence-electron chi connectivity index (χ4n) is 2.69. The quantitative estimate of drug-likeness (QED) is 0.488. The zero-order valence-electron chi connectivity index (χ0n) is 17.1. The second-order valence-corrected chi connectivity index (χ2v) is 8.42. The van der Waals surface area contributed by atoms with Crippen LogP contribution in [0.2, 0.25) is 0 Å². The highest BCUT2D eigenvalue weighted by atomic mass is 16.5. The predicted molar refractivity (Wildman–Crippen MR) is 104 cm³/mol. The largest absolute Gasteiger partial charge is 0.458 e. The molecule has 0 aliphatic rings. The third kappa shape index (κ3) is 6.01. The van der Waals surface area contributed by atoms with Gasteiger partial charge in [0.15, 0.2) is 0 Å². The van der Waals surface area contributed by atoms with Gasteiger partial charge < -0.3 is 9.47 Å². The van der Waals surface area contributed by atoms with E-state index in [1.807, 2.05) is 46.8 Å². The van der Waals surface area contributed by atoms with E-state index in [1.165, 1.54) is 12.3 Å². The second kappa shape index (κ2) is 9.02. The van der Waals surface area contributed by atoms with Gasteiger partial charge >= 0.3 is 11.9 Å². The van der Waals surface area contributed by atoms with Crippen molar-refractivity contribution in [2.24, 2.45) is 16.7 Å². The van der Waals surface area contributed by atoms with Gasteiger partial charge in [0.05, 0.1) is 17.2 Å². The monoisotopic (exact) mass is 360 g/mol. The lowest BCUT2D eigenvalue weighted by Gasteiger charge is -2.40. The van der Waals surface area contributed by atoms with Gasteiger partial charge in [-0.1, -0.05) is 52.3 Å². The fourth-order valence-corrected chi connectivity index (χ4v) is 2.69. The molecule has 0 aliphatic carbocycles. The van der Waals surface area contributed by atoms with Crippen LogP contribution in [0, 0.1) is 23.7 Å². The van der Waals surface area contributed by atoms with Gasteiger partial charge in [-0.05, 0) is 49.8 Å². The Kier molecular flexibility index (Phi) is 7.61. The number of rotatable bonds is 7. The third-order valence-corrected chi connectivity index (χ3v) is 4.79. The summed E-state index contributed by atoms with van der Waals surface area (Å²) in [6.45, 7) is 14.3. The molecular formula is C22H32O4. The first kappa shape index (κ1) is 21.9. The van der Waals surface area contributed by atoms with E-state index in [0.717, 1.165) is 12.0 Å². The van der Waals surface area contributed by atoms with Crippen LogP contribution in [0.1, 0.15) is 63.9 Å².